The van der Waals surface area contributed by atoms with Gasteiger partial charge in [-0.05, 0) is 57.5 Å². The van der Waals surface area contributed by atoms with Gasteiger partial charge in [0.2, 0.25) is 0 Å². The van der Waals surface area contributed by atoms with Crippen LogP contribution in [0.2, 0.25) is 0 Å². The SMILES string of the molecule is CCN(CC)CCCN(CC)C(CNCC(C)C)C(C)C. The Morgan fingerprint density at radius 2 is 1.43 bits per heavy atom. The monoisotopic (exact) mass is 299 g/mol. The summed E-state index contributed by atoms with van der Waals surface area (Å²) in [6.45, 7) is 24.3. The lowest BCUT2D eigenvalue weighted by Gasteiger charge is -2.34. The van der Waals surface area contributed by atoms with Crippen molar-refractivity contribution in [2.24, 2.45) is 11.8 Å². The molecule has 0 heterocycles. The minimum absolute atomic E-state index is 0.658. The van der Waals surface area contributed by atoms with Crippen LogP contribution >= 0.6 is 0 Å². The Bertz CT molecular complexity index is 225. The Kier molecular flexibility index (Phi) is 12.4. The van der Waals surface area contributed by atoms with Crippen molar-refractivity contribution in [1.29, 1.82) is 0 Å². The summed E-state index contributed by atoms with van der Waals surface area (Å²) in [4.78, 5) is 5.19. The zero-order chi connectivity index (χ0) is 16.3. The third kappa shape index (κ3) is 9.49. The molecular weight excluding hydrogens is 258 g/mol. The van der Waals surface area contributed by atoms with Gasteiger partial charge in [0.05, 0.1) is 0 Å². The second-order valence-corrected chi connectivity index (χ2v) is 6.87. The zero-order valence-electron chi connectivity index (χ0n) is 15.8. The third-order valence-corrected chi connectivity index (χ3v) is 4.36. The molecule has 0 radical (unpaired) electrons. The molecule has 0 saturated heterocycles. The van der Waals surface area contributed by atoms with Crippen LogP contribution in [-0.4, -0.2) is 61.7 Å². The molecule has 1 N–H and O–H groups in total. The molecule has 0 spiro atoms. The van der Waals surface area contributed by atoms with Crippen molar-refractivity contribution in [2.45, 2.75) is 60.9 Å². The summed E-state index contributed by atoms with van der Waals surface area (Å²) in [5, 5.41) is 3.65. The number of hydrogen-bond acceptors (Lipinski definition) is 3. The lowest BCUT2D eigenvalue weighted by molar-refractivity contribution is 0.148. The first-order chi connectivity index (χ1) is 9.96. The third-order valence-electron chi connectivity index (χ3n) is 4.36. The van der Waals surface area contributed by atoms with Crippen LogP contribution in [0.4, 0.5) is 0 Å². The highest BCUT2D eigenvalue weighted by Gasteiger charge is 2.20. The van der Waals surface area contributed by atoms with Crippen LogP contribution in [0, 0.1) is 11.8 Å². The quantitative estimate of drug-likeness (QED) is 0.563. The minimum atomic E-state index is 0.658. The van der Waals surface area contributed by atoms with Crippen molar-refractivity contribution >= 4 is 0 Å². The van der Waals surface area contributed by atoms with E-state index in [1.807, 2.05) is 0 Å². The van der Waals surface area contributed by atoms with Gasteiger partial charge < -0.3 is 10.2 Å². The molecule has 3 heteroatoms. The van der Waals surface area contributed by atoms with Gasteiger partial charge >= 0.3 is 0 Å². The van der Waals surface area contributed by atoms with Crippen LogP contribution < -0.4 is 5.32 Å². The maximum atomic E-state index is 3.65. The van der Waals surface area contributed by atoms with E-state index in [4.69, 9.17) is 0 Å². The molecule has 3 nitrogen and oxygen atoms in total. The van der Waals surface area contributed by atoms with Crippen molar-refractivity contribution < 1.29 is 0 Å². The lowest BCUT2D eigenvalue weighted by Crippen LogP contribution is -2.47. The summed E-state index contributed by atoms with van der Waals surface area (Å²) in [6.07, 6.45) is 1.28. The smallest absolute Gasteiger partial charge is 0.0243 e. The van der Waals surface area contributed by atoms with Gasteiger partial charge in [0.25, 0.3) is 0 Å². The van der Waals surface area contributed by atoms with Crippen LogP contribution in [0.1, 0.15) is 54.9 Å². The van der Waals surface area contributed by atoms with Gasteiger partial charge in [0.1, 0.15) is 0 Å². The Morgan fingerprint density at radius 3 is 1.86 bits per heavy atom. The molecule has 0 aromatic rings. The largest absolute Gasteiger partial charge is 0.315 e. The topological polar surface area (TPSA) is 18.5 Å². The van der Waals surface area contributed by atoms with Crippen LogP contribution in [0.3, 0.4) is 0 Å². The molecule has 1 unspecified atom stereocenters. The fourth-order valence-corrected chi connectivity index (χ4v) is 2.90. The number of nitrogens with one attached hydrogen (secondary N) is 1. The maximum absolute atomic E-state index is 3.65. The standard InChI is InChI=1S/C18H41N3/c1-8-20(9-2)12-11-13-21(10-3)18(17(6)7)15-19-14-16(4)5/h16-19H,8-15H2,1-7H3. The average molecular weight is 300 g/mol. The molecule has 0 saturated carbocycles. The van der Waals surface area contributed by atoms with E-state index in [1.165, 1.54) is 32.6 Å². The van der Waals surface area contributed by atoms with Gasteiger partial charge in [0.15, 0.2) is 0 Å². The van der Waals surface area contributed by atoms with Gasteiger partial charge in [-0.15, -0.1) is 0 Å². The van der Waals surface area contributed by atoms with Crippen molar-refractivity contribution in [1.82, 2.24) is 15.1 Å². The molecule has 0 aromatic heterocycles. The Morgan fingerprint density at radius 1 is 0.810 bits per heavy atom. The van der Waals surface area contributed by atoms with Crippen LogP contribution in [-0.2, 0) is 0 Å². The minimum Gasteiger partial charge on any atom is -0.315 e. The first-order valence-electron chi connectivity index (χ1n) is 9.13. The number of nitrogens with zero attached hydrogens (tertiary/aromatic N) is 2. The molecule has 0 aromatic carbocycles. The van der Waals surface area contributed by atoms with E-state index in [9.17, 15) is 0 Å². The molecule has 0 aliphatic heterocycles. The van der Waals surface area contributed by atoms with Gasteiger partial charge in [0, 0.05) is 12.6 Å². The van der Waals surface area contributed by atoms with E-state index in [0.29, 0.717) is 12.0 Å². The highest BCUT2D eigenvalue weighted by Crippen LogP contribution is 2.11. The molecule has 0 amide bonds. The van der Waals surface area contributed by atoms with Crippen LogP contribution in [0.25, 0.3) is 0 Å². The zero-order valence-corrected chi connectivity index (χ0v) is 15.8. The molecule has 1 atom stereocenters. The molecule has 0 rings (SSSR count). The van der Waals surface area contributed by atoms with Crippen LogP contribution in [0.5, 0.6) is 0 Å². The summed E-state index contributed by atoms with van der Waals surface area (Å²) in [7, 11) is 0. The fraction of sp³-hybridized carbons (Fsp3) is 1.00. The summed E-state index contributed by atoms with van der Waals surface area (Å²) < 4.78 is 0. The number of hydrogen-bond donors (Lipinski definition) is 1. The second-order valence-electron chi connectivity index (χ2n) is 6.87. The lowest BCUT2D eigenvalue weighted by atomic mass is 10.0. The summed E-state index contributed by atoms with van der Waals surface area (Å²) >= 11 is 0. The fourth-order valence-electron chi connectivity index (χ4n) is 2.90. The van der Waals surface area contributed by atoms with Crippen molar-refractivity contribution in [3.8, 4) is 0 Å². The highest BCUT2D eigenvalue weighted by atomic mass is 15.2. The van der Waals surface area contributed by atoms with Gasteiger partial charge in [-0.1, -0.05) is 48.5 Å². The van der Waals surface area contributed by atoms with Gasteiger partial charge in [-0.3, -0.25) is 4.90 Å². The second kappa shape index (κ2) is 12.4. The van der Waals surface area contributed by atoms with Crippen molar-refractivity contribution in [3.63, 3.8) is 0 Å². The van der Waals surface area contributed by atoms with E-state index >= 15 is 0 Å². The number of rotatable bonds is 13. The normalized spacial score (nSPS) is 13.9. The molecule has 128 valence electrons. The number of likely N-dealkylation sites (N-methyl/N-ethyl adjacent to an activating group) is 1. The maximum Gasteiger partial charge on any atom is 0.0243 e. The van der Waals surface area contributed by atoms with E-state index in [1.54, 1.807) is 0 Å². The van der Waals surface area contributed by atoms with Gasteiger partial charge in [-0.2, -0.15) is 0 Å². The molecule has 0 aliphatic carbocycles. The first kappa shape index (κ1) is 20.9. The summed E-state index contributed by atoms with van der Waals surface area (Å²) in [6, 6.07) is 0.658. The molecule has 0 bridgehead atoms. The Labute approximate surface area is 134 Å². The average Bonchev–Trinajstić information content (AvgIpc) is 2.44. The van der Waals surface area contributed by atoms with Crippen LogP contribution in [0.15, 0.2) is 0 Å². The predicted molar refractivity (Wildman–Crippen MR) is 96.0 cm³/mol. The summed E-state index contributed by atoms with van der Waals surface area (Å²) in [5.41, 5.74) is 0. The molecule has 0 fully saturated rings. The van der Waals surface area contributed by atoms with E-state index in [0.717, 1.165) is 25.6 Å². The molecule has 0 aliphatic rings. The van der Waals surface area contributed by atoms with Gasteiger partial charge in [-0.25, -0.2) is 0 Å². The Hall–Kier alpha value is -0.120. The predicted octanol–water partition coefficient (Wildman–Crippen LogP) is 3.31. The van der Waals surface area contributed by atoms with E-state index < -0.39 is 0 Å². The Balaban J connectivity index is 4.27. The van der Waals surface area contributed by atoms with Crippen molar-refractivity contribution in [2.75, 3.05) is 45.8 Å². The van der Waals surface area contributed by atoms with E-state index in [2.05, 4.69) is 63.6 Å². The van der Waals surface area contributed by atoms with Crippen molar-refractivity contribution in [3.05, 3.63) is 0 Å². The van der Waals surface area contributed by atoms with E-state index in [-0.39, 0.29) is 0 Å². The summed E-state index contributed by atoms with van der Waals surface area (Å²) in [5.74, 6) is 1.44. The highest BCUT2D eigenvalue weighted by molar-refractivity contribution is 4.77. The first-order valence-corrected chi connectivity index (χ1v) is 9.13. The molecular formula is C18H41N3. The molecule has 21 heavy (non-hydrogen) atoms.